The van der Waals surface area contributed by atoms with Crippen molar-refractivity contribution in [2.24, 2.45) is 5.73 Å². The molecule has 1 aromatic heterocycles. The van der Waals surface area contributed by atoms with Crippen molar-refractivity contribution in [2.45, 2.75) is 19.4 Å². The van der Waals surface area contributed by atoms with Crippen molar-refractivity contribution >= 4 is 0 Å². The van der Waals surface area contributed by atoms with Crippen molar-refractivity contribution < 1.29 is 0 Å². The highest BCUT2D eigenvalue weighted by Crippen LogP contribution is 2.20. The van der Waals surface area contributed by atoms with Gasteiger partial charge < -0.3 is 10.7 Å². The number of aromatic nitrogens is 2. The van der Waals surface area contributed by atoms with E-state index in [2.05, 4.69) is 53.3 Å². The number of hydrogen-bond donors (Lipinski definition) is 2. The predicted octanol–water partition coefficient (Wildman–Crippen LogP) is 3.63. The van der Waals surface area contributed by atoms with Crippen molar-refractivity contribution in [1.82, 2.24) is 9.97 Å². The zero-order valence-corrected chi connectivity index (χ0v) is 12.1. The summed E-state index contributed by atoms with van der Waals surface area (Å²) in [5.41, 5.74) is 10.8. The van der Waals surface area contributed by atoms with Crippen LogP contribution in [0.5, 0.6) is 0 Å². The van der Waals surface area contributed by atoms with Crippen LogP contribution in [0.2, 0.25) is 0 Å². The summed E-state index contributed by atoms with van der Waals surface area (Å²) >= 11 is 0. The van der Waals surface area contributed by atoms with Crippen molar-refractivity contribution in [3.8, 4) is 11.3 Å². The maximum atomic E-state index is 6.23. The molecule has 0 fully saturated rings. The first kappa shape index (κ1) is 13.6. The molecule has 2 aromatic carbocycles. The lowest BCUT2D eigenvalue weighted by atomic mass is 10.0. The number of H-pyrrole nitrogens is 1. The predicted molar refractivity (Wildman–Crippen MR) is 85.8 cm³/mol. The third-order valence-electron chi connectivity index (χ3n) is 3.63. The zero-order valence-electron chi connectivity index (χ0n) is 12.1. The Morgan fingerprint density at radius 3 is 2.48 bits per heavy atom. The van der Waals surface area contributed by atoms with Gasteiger partial charge >= 0.3 is 0 Å². The molecule has 0 aliphatic rings. The maximum Gasteiger partial charge on any atom is 0.108 e. The molecule has 3 nitrogen and oxygen atoms in total. The number of nitrogens with zero attached hydrogens (tertiary/aromatic N) is 1. The van der Waals surface area contributed by atoms with E-state index in [-0.39, 0.29) is 6.04 Å². The quantitative estimate of drug-likeness (QED) is 0.765. The van der Waals surface area contributed by atoms with E-state index in [0.717, 1.165) is 22.6 Å². The molecule has 0 spiro atoms. The van der Waals surface area contributed by atoms with Crippen LogP contribution in [-0.2, 0) is 6.42 Å². The summed E-state index contributed by atoms with van der Waals surface area (Å²) in [7, 11) is 0. The minimum atomic E-state index is -0.0387. The molecule has 0 radical (unpaired) electrons. The van der Waals surface area contributed by atoms with Crippen LogP contribution in [0.3, 0.4) is 0 Å². The van der Waals surface area contributed by atoms with Gasteiger partial charge in [0.05, 0.1) is 11.9 Å². The molecular formula is C18H19N3. The van der Waals surface area contributed by atoms with Crippen LogP contribution in [0.4, 0.5) is 0 Å². The van der Waals surface area contributed by atoms with Crippen molar-refractivity contribution in [1.29, 1.82) is 0 Å². The van der Waals surface area contributed by atoms with E-state index < -0.39 is 0 Å². The maximum absolute atomic E-state index is 6.23. The summed E-state index contributed by atoms with van der Waals surface area (Å²) in [4.78, 5) is 7.80. The molecule has 0 bridgehead atoms. The largest absolute Gasteiger partial charge is 0.342 e. The highest BCUT2D eigenvalue weighted by molar-refractivity contribution is 5.58. The average molecular weight is 277 g/mol. The number of rotatable bonds is 4. The Kier molecular flexibility index (Phi) is 3.84. The second-order valence-corrected chi connectivity index (χ2v) is 5.33. The molecule has 1 unspecified atom stereocenters. The topological polar surface area (TPSA) is 54.7 Å². The molecule has 0 amide bonds. The standard InChI is InChI=1S/C18H19N3/c1-13-7-9-15(10-8-13)17-12-20-18(21-17)11-16(19)14-5-3-2-4-6-14/h2-10,12,16H,11,19H2,1H3,(H,20,21). The zero-order chi connectivity index (χ0) is 14.7. The lowest BCUT2D eigenvalue weighted by molar-refractivity contribution is 0.695. The molecule has 3 N–H and O–H groups in total. The first-order valence-corrected chi connectivity index (χ1v) is 7.14. The van der Waals surface area contributed by atoms with Gasteiger partial charge in [0, 0.05) is 12.5 Å². The third-order valence-corrected chi connectivity index (χ3v) is 3.63. The number of aromatic amines is 1. The number of aryl methyl sites for hydroxylation is 1. The Bertz CT molecular complexity index is 699. The summed E-state index contributed by atoms with van der Waals surface area (Å²) in [6.07, 6.45) is 2.58. The average Bonchev–Trinajstić information content (AvgIpc) is 2.97. The molecule has 106 valence electrons. The number of benzene rings is 2. The molecule has 0 aliphatic carbocycles. The fourth-order valence-corrected chi connectivity index (χ4v) is 2.37. The second kappa shape index (κ2) is 5.94. The summed E-state index contributed by atoms with van der Waals surface area (Å²) < 4.78 is 0. The van der Waals surface area contributed by atoms with Gasteiger partial charge in [0.25, 0.3) is 0 Å². The summed E-state index contributed by atoms with van der Waals surface area (Å²) in [5.74, 6) is 0.918. The van der Waals surface area contributed by atoms with Gasteiger partial charge in [-0.1, -0.05) is 60.2 Å². The molecular weight excluding hydrogens is 258 g/mol. The van der Waals surface area contributed by atoms with Gasteiger partial charge in [-0.15, -0.1) is 0 Å². The normalized spacial score (nSPS) is 12.3. The molecule has 0 aliphatic heterocycles. The molecule has 3 rings (SSSR count). The Morgan fingerprint density at radius 1 is 1.05 bits per heavy atom. The van der Waals surface area contributed by atoms with E-state index in [1.54, 1.807) is 0 Å². The van der Waals surface area contributed by atoms with Crippen molar-refractivity contribution in [2.75, 3.05) is 0 Å². The molecule has 3 heteroatoms. The molecule has 0 saturated carbocycles. The number of nitrogens with two attached hydrogens (primary N) is 1. The second-order valence-electron chi connectivity index (χ2n) is 5.33. The molecule has 3 aromatic rings. The van der Waals surface area contributed by atoms with Gasteiger partial charge in [0.1, 0.15) is 5.82 Å². The number of imidazole rings is 1. The van der Waals surface area contributed by atoms with Crippen LogP contribution in [-0.4, -0.2) is 9.97 Å². The lowest BCUT2D eigenvalue weighted by Crippen LogP contribution is -2.13. The Labute approximate surface area is 124 Å². The Morgan fingerprint density at radius 2 is 1.76 bits per heavy atom. The lowest BCUT2D eigenvalue weighted by Gasteiger charge is -2.09. The third kappa shape index (κ3) is 3.20. The van der Waals surface area contributed by atoms with Crippen LogP contribution in [0.15, 0.2) is 60.8 Å². The van der Waals surface area contributed by atoms with Crippen LogP contribution in [0, 0.1) is 6.92 Å². The van der Waals surface area contributed by atoms with Crippen LogP contribution in [0.1, 0.15) is 23.0 Å². The minimum Gasteiger partial charge on any atom is -0.342 e. The van der Waals surface area contributed by atoms with Gasteiger partial charge in [0.15, 0.2) is 0 Å². The van der Waals surface area contributed by atoms with Crippen molar-refractivity contribution in [3.63, 3.8) is 0 Å². The van der Waals surface area contributed by atoms with Gasteiger partial charge in [-0.3, -0.25) is 0 Å². The van der Waals surface area contributed by atoms with Gasteiger partial charge in [-0.05, 0) is 18.1 Å². The Hall–Kier alpha value is -2.39. The van der Waals surface area contributed by atoms with Crippen LogP contribution < -0.4 is 5.73 Å². The number of nitrogens with one attached hydrogen (secondary N) is 1. The molecule has 1 atom stereocenters. The first-order valence-electron chi connectivity index (χ1n) is 7.14. The summed E-state index contributed by atoms with van der Waals surface area (Å²) in [5, 5.41) is 0. The van der Waals surface area contributed by atoms with Crippen LogP contribution in [0.25, 0.3) is 11.3 Å². The van der Waals surface area contributed by atoms with Gasteiger partial charge in [-0.25, -0.2) is 4.98 Å². The smallest absolute Gasteiger partial charge is 0.108 e. The monoisotopic (exact) mass is 277 g/mol. The highest BCUT2D eigenvalue weighted by Gasteiger charge is 2.10. The summed E-state index contributed by atoms with van der Waals surface area (Å²) in [6.45, 7) is 2.08. The first-order chi connectivity index (χ1) is 10.2. The fraction of sp³-hybridized carbons (Fsp3) is 0.167. The van der Waals surface area contributed by atoms with E-state index in [9.17, 15) is 0 Å². The minimum absolute atomic E-state index is 0.0387. The SMILES string of the molecule is Cc1ccc(-c2cnc(CC(N)c3ccccc3)[nH]2)cc1. The molecule has 0 saturated heterocycles. The molecule has 21 heavy (non-hydrogen) atoms. The fourth-order valence-electron chi connectivity index (χ4n) is 2.37. The number of hydrogen-bond acceptors (Lipinski definition) is 2. The van der Waals surface area contributed by atoms with E-state index in [0.29, 0.717) is 6.42 Å². The molecule has 1 heterocycles. The highest BCUT2D eigenvalue weighted by atomic mass is 14.9. The van der Waals surface area contributed by atoms with E-state index in [1.165, 1.54) is 5.56 Å². The summed E-state index contributed by atoms with van der Waals surface area (Å²) in [6, 6.07) is 18.5. The van der Waals surface area contributed by atoms with Gasteiger partial charge in [0.2, 0.25) is 0 Å². The van der Waals surface area contributed by atoms with Crippen LogP contribution >= 0.6 is 0 Å². The Balaban J connectivity index is 1.75. The van der Waals surface area contributed by atoms with Gasteiger partial charge in [-0.2, -0.15) is 0 Å². The van der Waals surface area contributed by atoms with E-state index >= 15 is 0 Å². The van der Waals surface area contributed by atoms with Crippen molar-refractivity contribution in [3.05, 3.63) is 77.7 Å². The van der Waals surface area contributed by atoms with E-state index in [4.69, 9.17) is 5.73 Å². The van der Waals surface area contributed by atoms with E-state index in [1.807, 2.05) is 24.4 Å².